The molecule has 6 nitrogen and oxygen atoms in total. The molecule has 35 heavy (non-hydrogen) atoms. The number of rotatable bonds is 3. The quantitative estimate of drug-likeness (QED) is 0.379. The second-order valence-corrected chi connectivity index (χ2v) is 8.51. The van der Waals surface area contributed by atoms with Gasteiger partial charge in [0, 0.05) is 54.7 Å². The standard InChI is InChI=1S/C24H18ClN3O.C4H6N2/c1-3-15-5-4-6-17(11-15)20-13-22(29)28(2)24-21(20)12-18(14-27-24)23(26)16-7-9-19(25)10-8-16;1-6-3-2-5-4-6/h1,4-14,23H,26H2,2H3;2-4H,1H3. The lowest BCUT2D eigenvalue weighted by Gasteiger charge is -2.16. The van der Waals surface area contributed by atoms with Gasteiger partial charge in [-0.3, -0.25) is 9.36 Å². The molecule has 0 fully saturated rings. The fraction of sp³-hybridized carbons (Fsp3) is 0.107. The van der Waals surface area contributed by atoms with Crippen LogP contribution in [0, 0.1) is 12.3 Å². The Balaban J connectivity index is 0.000000421. The highest BCUT2D eigenvalue weighted by Gasteiger charge is 2.15. The van der Waals surface area contributed by atoms with Crippen LogP contribution in [0.1, 0.15) is 22.7 Å². The second kappa shape index (κ2) is 10.4. The summed E-state index contributed by atoms with van der Waals surface area (Å²) in [7, 11) is 3.64. The summed E-state index contributed by atoms with van der Waals surface area (Å²) in [6.07, 6.45) is 12.6. The van der Waals surface area contributed by atoms with Gasteiger partial charge in [-0.1, -0.05) is 41.8 Å². The van der Waals surface area contributed by atoms with Crippen LogP contribution in [-0.4, -0.2) is 19.1 Å². The first-order chi connectivity index (χ1) is 16.9. The molecule has 2 aromatic carbocycles. The first-order valence-electron chi connectivity index (χ1n) is 10.9. The summed E-state index contributed by atoms with van der Waals surface area (Å²) in [6.45, 7) is 0. The van der Waals surface area contributed by atoms with Crippen LogP contribution in [0.15, 0.2) is 90.4 Å². The maximum absolute atomic E-state index is 12.5. The number of aryl methyl sites for hydroxylation is 2. The number of terminal acetylenes is 1. The third kappa shape index (κ3) is 5.33. The summed E-state index contributed by atoms with van der Waals surface area (Å²) in [5.41, 5.74) is 11.1. The van der Waals surface area contributed by atoms with E-state index in [1.165, 1.54) is 4.57 Å². The summed E-state index contributed by atoms with van der Waals surface area (Å²) in [5.74, 6) is 2.64. The van der Waals surface area contributed by atoms with Gasteiger partial charge in [0.15, 0.2) is 0 Å². The number of fused-ring (bicyclic) bond motifs is 1. The number of aromatic nitrogens is 4. The number of halogens is 1. The van der Waals surface area contributed by atoms with E-state index in [1.807, 2.05) is 72.4 Å². The van der Waals surface area contributed by atoms with Gasteiger partial charge in [-0.15, -0.1) is 6.42 Å². The minimum absolute atomic E-state index is 0.138. The Labute approximate surface area is 208 Å². The predicted molar refractivity (Wildman–Crippen MR) is 141 cm³/mol. The van der Waals surface area contributed by atoms with E-state index < -0.39 is 0 Å². The molecule has 174 valence electrons. The Morgan fingerprint density at radius 1 is 1.06 bits per heavy atom. The summed E-state index contributed by atoms with van der Waals surface area (Å²) in [5, 5.41) is 1.49. The zero-order valence-corrected chi connectivity index (χ0v) is 20.1. The lowest BCUT2D eigenvalue weighted by atomic mass is 9.96. The molecule has 5 rings (SSSR count). The van der Waals surface area contributed by atoms with Gasteiger partial charge in [0.25, 0.3) is 5.56 Å². The number of hydrogen-bond donors (Lipinski definition) is 1. The molecule has 0 saturated carbocycles. The Hall–Kier alpha value is -4.18. The predicted octanol–water partition coefficient (Wildman–Crippen LogP) is 4.70. The smallest absolute Gasteiger partial charge is 0.252 e. The van der Waals surface area contributed by atoms with Gasteiger partial charge in [-0.2, -0.15) is 0 Å². The van der Waals surface area contributed by atoms with Gasteiger partial charge < -0.3 is 10.3 Å². The number of nitrogens with two attached hydrogens (primary N) is 1. The van der Waals surface area contributed by atoms with Crippen molar-refractivity contribution in [2.24, 2.45) is 19.8 Å². The average Bonchev–Trinajstić information content (AvgIpc) is 3.37. The van der Waals surface area contributed by atoms with Gasteiger partial charge in [-0.25, -0.2) is 9.97 Å². The van der Waals surface area contributed by atoms with Gasteiger partial charge in [0.2, 0.25) is 0 Å². The van der Waals surface area contributed by atoms with E-state index in [1.54, 1.807) is 31.8 Å². The van der Waals surface area contributed by atoms with Crippen molar-refractivity contribution in [1.29, 1.82) is 0 Å². The fourth-order valence-electron chi connectivity index (χ4n) is 3.72. The molecule has 0 spiro atoms. The summed E-state index contributed by atoms with van der Waals surface area (Å²) < 4.78 is 3.42. The van der Waals surface area contributed by atoms with Gasteiger partial charge in [0.1, 0.15) is 5.65 Å². The molecule has 0 radical (unpaired) electrons. The molecule has 7 heteroatoms. The molecule has 0 aliphatic heterocycles. The van der Waals surface area contributed by atoms with Crippen molar-refractivity contribution in [3.8, 4) is 23.5 Å². The van der Waals surface area contributed by atoms with Crippen LogP contribution >= 0.6 is 11.6 Å². The zero-order valence-electron chi connectivity index (χ0n) is 19.4. The Kier molecular flexibility index (Phi) is 7.11. The highest BCUT2D eigenvalue weighted by molar-refractivity contribution is 6.30. The van der Waals surface area contributed by atoms with Crippen molar-refractivity contribution in [3.63, 3.8) is 0 Å². The number of nitrogens with zero attached hydrogens (tertiary/aromatic N) is 4. The molecular weight excluding hydrogens is 458 g/mol. The maximum atomic E-state index is 12.5. The Morgan fingerprint density at radius 3 is 2.46 bits per heavy atom. The molecular formula is C28H24ClN5O. The molecule has 0 aliphatic carbocycles. The average molecular weight is 482 g/mol. The van der Waals surface area contributed by atoms with Crippen molar-refractivity contribution in [2.45, 2.75) is 6.04 Å². The van der Waals surface area contributed by atoms with E-state index in [-0.39, 0.29) is 11.6 Å². The van der Waals surface area contributed by atoms with Crippen LogP contribution in [0.4, 0.5) is 0 Å². The van der Waals surface area contributed by atoms with Crippen molar-refractivity contribution < 1.29 is 0 Å². The lowest BCUT2D eigenvalue weighted by molar-refractivity contribution is 0.854. The summed E-state index contributed by atoms with van der Waals surface area (Å²) >= 11 is 5.99. The number of benzene rings is 2. The molecule has 2 N–H and O–H groups in total. The Morgan fingerprint density at radius 2 is 1.83 bits per heavy atom. The van der Waals surface area contributed by atoms with E-state index in [0.717, 1.165) is 33.2 Å². The van der Waals surface area contributed by atoms with E-state index in [0.29, 0.717) is 10.7 Å². The minimum atomic E-state index is -0.369. The monoisotopic (exact) mass is 481 g/mol. The molecule has 0 amide bonds. The first kappa shape index (κ1) is 24.0. The van der Waals surface area contributed by atoms with E-state index >= 15 is 0 Å². The van der Waals surface area contributed by atoms with E-state index in [9.17, 15) is 4.79 Å². The van der Waals surface area contributed by atoms with Crippen LogP contribution in [0.3, 0.4) is 0 Å². The topological polar surface area (TPSA) is 78.7 Å². The minimum Gasteiger partial charge on any atom is -0.341 e. The van der Waals surface area contributed by atoms with Crippen LogP contribution in [-0.2, 0) is 14.1 Å². The van der Waals surface area contributed by atoms with Crippen LogP contribution in [0.5, 0.6) is 0 Å². The highest BCUT2D eigenvalue weighted by Crippen LogP contribution is 2.30. The van der Waals surface area contributed by atoms with Crippen LogP contribution in [0.25, 0.3) is 22.2 Å². The van der Waals surface area contributed by atoms with Crippen molar-refractivity contribution in [2.75, 3.05) is 0 Å². The van der Waals surface area contributed by atoms with Gasteiger partial charge in [0.05, 0.1) is 12.4 Å². The molecule has 0 bridgehead atoms. The molecule has 0 saturated heterocycles. The SMILES string of the molecule is C#Cc1cccc(-c2cc(=O)n(C)c3ncc(C(N)c4ccc(Cl)cc4)cc23)c1.Cn1ccnc1. The molecule has 0 aliphatic rings. The Bertz CT molecular complexity index is 1560. The third-order valence-electron chi connectivity index (χ3n) is 5.66. The largest absolute Gasteiger partial charge is 0.341 e. The van der Waals surface area contributed by atoms with Gasteiger partial charge in [-0.05, 0) is 52.6 Å². The first-order valence-corrected chi connectivity index (χ1v) is 11.2. The number of pyridine rings is 2. The van der Waals surface area contributed by atoms with Crippen molar-refractivity contribution >= 4 is 22.6 Å². The van der Waals surface area contributed by atoms with Gasteiger partial charge >= 0.3 is 0 Å². The van der Waals surface area contributed by atoms with Crippen LogP contribution in [0.2, 0.25) is 5.02 Å². The van der Waals surface area contributed by atoms with Crippen molar-refractivity contribution in [1.82, 2.24) is 19.1 Å². The normalized spacial score (nSPS) is 11.4. The molecule has 3 aromatic heterocycles. The molecule has 5 aromatic rings. The zero-order chi connectivity index (χ0) is 24.9. The number of hydrogen-bond acceptors (Lipinski definition) is 4. The second-order valence-electron chi connectivity index (χ2n) is 8.08. The summed E-state index contributed by atoms with van der Waals surface area (Å²) in [6, 6.07) is 18.2. The molecule has 1 atom stereocenters. The van der Waals surface area contributed by atoms with E-state index in [4.69, 9.17) is 23.8 Å². The molecule has 1 unspecified atom stereocenters. The highest BCUT2D eigenvalue weighted by atomic mass is 35.5. The van der Waals surface area contributed by atoms with Crippen LogP contribution < -0.4 is 11.3 Å². The maximum Gasteiger partial charge on any atom is 0.252 e. The molecule has 3 heterocycles. The van der Waals surface area contributed by atoms with E-state index in [2.05, 4.69) is 15.9 Å². The lowest BCUT2D eigenvalue weighted by Crippen LogP contribution is -2.18. The third-order valence-corrected chi connectivity index (χ3v) is 5.91. The summed E-state index contributed by atoms with van der Waals surface area (Å²) in [4.78, 5) is 20.8. The number of imidazole rings is 1. The van der Waals surface area contributed by atoms with Crippen molar-refractivity contribution in [3.05, 3.63) is 118 Å². The fourth-order valence-corrected chi connectivity index (χ4v) is 3.84.